The average Bonchev–Trinajstić information content (AvgIpc) is 3.05. The molecule has 118 valence electrons. The van der Waals surface area contributed by atoms with E-state index < -0.39 is 0 Å². The van der Waals surface area contributed by atoms with Crippen molar-refractivity contribution >= 4 is 23.2 Å². The third-order valence-electron chi connectivity index (χ3n) is 4.83. The Bertz CT molecular complexity index is 565. The first-order valence-electron chi connectivity index (χ1n) is 7.89. The van der Waals surface area contributed by atoms with Crippen molar-refractivity contribution in [3.05, 3.63) is 35.0 Å². The van der Waals surface area contributed by atoms with Crippen LogP contribution in [-0.4, -0.2) is 46.8 Å². The van der Waals surface area contributed by atoms with Gasteiger partial charge in [-0.15, -0.1) is 6.58 Å². The van der Waals surface area contributed by atoms with Gasteiger partial charge in [0.1, 0.15) is 0 Å². The highest BCUT2D eigenvalue weighted by Crippen LogP contribution is 2.37. The zero-order valence-corrected chi connectivity index (χ0v) is 13.6. The monoisotopic (exact) mass is 318 g/mol. The fourth-order valence-corrected chi connectivity index (χ4v) is 4.44. The Morgan fingerprint density at radius 2 is 2.23 bits per heavy atom. The van der Waals surface area contributed by atoms with Gasteiger partial charge in [0.05, 0.1) is 11.1 Å². The number of carbonyl (C=O) groups excluding carboxylic acids is 2. The maximum atomic E-state index is 12.6. The molecule has 2 aliphatic heterocycles. The molecule has 2 fully saturated rings. The van der Waals surface area contributed by atoms with E-state index in [0.29, 0.717) is 19.5 Å². The van der Waals surface area contributed by atoms with Crippen LogP contribution in [0, 0.1) is 0 Å². The Balaban J connectivity index is 1.82. The van der Waals surface area contributed by atoms with Crippen LogP contribution >= 0.6 is 11.3 Å². The first-order chi connectivity index (χ1) is 10.7. The molecule has 3 heterocycles. The molecule has 0 aliphatic carbocycles. The summed E-state index contributed by atoms with van der Waals surface area (Å²) in [6, 6.07) is 1.88. The van der Waals surface area contributed by atoms with Gasteiger partial charge in [-0.25, -0.2) is 0 Å². The van der Waals surface area contributed by atoms with Crippen LogP contribution in [-0.2, 0) is 4.79 Å². The lowest BCUT2D eigenvalue weighted by Gasteiger charge is -2.51. The van der Waals surface area contributed by atoms with Crippen LogP contribution in [0.4, 0.5) is 0 Å². The zero-order chi connectivity index (χ0) is 15.6. The smallest absolute Gasteiger partial charge is 0.254 e. The van der Waals surface area contributed by atoms with Gasteiger partial charge in [-0.05, 0) is 37.1 Å². The Hall–Kier alpha value is -1.62. The van der Waals surface area contributed by atoms with Crippen LogP contribution < -0.4 is 0 Å². The molecule has 0 N–H and O–H groups in total. The van der Waals surface area contributed by atoms with Crippen molar-refractivity contribution in [2.75, 3.05) is 19.6 Å². The number of likely N-dealkylation sites (tertiary alicyclic amines) is 2. The molecule has 2 amide bonds. The van der Waals surface area contributed by atoms with Gasteiger partial charge < -0.3 is 9.80 Å². The molecule has 2 saturated heterocycles. The average molecular weight is 318 g/mol. The fourth-order valence-electron chi connectivity index (χ4n) is 3.81. The fraction of sp³-hybridized carbons (Fsp3) is 0.529. The number of amides is 2. The van der Waals surface area contributed by atoms with Crippen molar-refractivity contribution < 1.29 is 9.59 Å². The first kappa shape index (κ1) is 15.3. The topological polar surface area (TPSA) is 40.6 Å². The molecule has 1 aromatic heterocycles. The predicted octanol–water partition coefficient (Wildman–Crippen LogP) is 2.92. The van der Waals surface area contributed by atoms with Gasteiger partial charge in [-0.1, -0.05) is 6.08 Å². The van der Waals surface area contributed by atoms with Crippen molar-refractivity contribution in [3.8, 4) is 0 Å². The van der Waals surface area contributed by atoms with Crippen molar-refractivity contribution in [3.63, 3.8) is 0 Å². The SMILES string of the molecule is C=CCN1C(=O)CCC[C@@]12CCCN(C(=O)c1ccsc1)C2. The summed E-state index contributed by atoms with van der Waals surface area (Å²) in [6.45, 7) is 5.81. The molecule has 0 unspecified atom stereocenters. The van der Waals surface area contributed by atoms with E-state index in [4.69, 9.17) is 0 Å². The second kappa shape index (κ2) is 6.24. The van der Waals surface area contributed by atoms with Gasteiger partial charge in [0.25, 0.3) is 5.91 Å². The molecule has 0 aromatic carbocycles. The number of carbonyl (C=O) groups is 2. The number of rotatable bonds is 3. The van der Waals surface area contributed by atoms with Gasteiger partial charge in [0.2, 0.25) is 5.91 Å². The Morgan fingerprint density at radius 1 is 1.41 bits per heavy atom. The van der Waals surface area contributed by atoms with E-state index in [1.807, 2.05) is 26.6 Å². The molecule has 5 heteroatoms. The first-order valence-corrected chi connectivity index (χ1v) is 8.83. The largest absolute Gasteiger partial charge is 0.336 e. The lowest BCUT2D eigenvalue weighted by Crippen LogP contribution is -2.63. The summed E-state index contributed by atoms with van der Waals surface area (Å²) in [6.07, 6.45) is 6.27. The lowest BCUT2D eigenvalue weighted by atomic mass is 9.79. The molecule has 3 rings (SSSR count). The maximum Gasteiger partial charge on any atom is 0.254 e. The predicted molar refractivity (Wildman–Crippen MR) is 87.9 cm³/mol. The number of thiophene rings is 1. The van der Waals surface area contributed by atoms with E-state index in [2.05, 4.69) is 6.58 Å². The molecule has 1 aromatic rings. The van der Waals surface area contributed by atoms with Crippen LogP contribution in [0.25, 0.3) is 0 Å². The summed E-state index contributed by atoms with van der Waals surface area (Å²) >= 11 is 1.54. The minimum atomic E-state index is -0.187. The third-order valence-corrected chi connectivity index (χ3v) is 5.51. The molecular weight excluding hydrogens is 296 g/mol. The van der Waals surface area contributed by atoms with Gasteiger partial charge in [-0.3, -0.25) is 9.59 Å². The van der Waals surface area contributed by atoms with Crippen molar-refractivity contribution in [1.29, 1.82) is 0 Å². The van der Waals surface area contributed by atoms with E-state index in [9.17, 15) is 9.59 Å². The van der Waals surface area contributed by atoms with E-state index in [-0.39, 0.29) is 17.4 Å². The van der Waals surface area contributed by atoms with Gasteiger partial charge in [-0.2, -0.15) is 11.3 Å². The van der Waals surface area contributed by atoms with E-state index >= 15 is 0 Å². The quantitative estimate of drug-likeness (QED) is 0.804. The van der Waals surface area contributed by atoms with Gasteiger partial charge in [0, 0.05) is 31.4 Å². The Labute approximate surface area is 135 Å². The summed E-state index contributed by atoms with van der Waals surface area (Å²) in [5, 5.41) is 3.83. The standard InChI is InChI=1S/C17H22N2O2S/c1-2-9-19-15(20)5-3-7-17(19)8-4-10-18(13-17)16(21)14-6-11-22-12-14/h2,6,11-12H,1,3-5,7-10,13H2/t17-/m0/s1. The highest BCUT2D eigenvalue weighted by atomic mass is 32.1. The molecular formula is C17H22N2O2S. The minimum Gasteiger partial charge on any atom is -0.336 e. The highest BCUT2D eigenvalue weighted by molar-refractivity contribution is 7.08. The third kappa shape index (κ3) is 2.70. The van der Waals surface area contributed by atoms with Gasteiger partial charge in [0.15, 0.2) is 0 Å². The Morgan fingerprint density at radius 3 is 2.95 bits per heavy atom. The zero-order valence-electron chi connectivity index (χ0n) is 12.8. The number of hydrogen-bond donors (Lipinski definition) is 0. The van der Waals surface area contributed by atoms with E-state index in [0.717, 1.165) is 37.8 Å². The van der Waals surface area contributed by atoms with Crippen molar-refractivity contribution in [2.45, 2.75) is 37.6 Å². The van der Waals surface area contributed by atoms with Crippen LogP contribution in [0.2, 0.25) is 0 Å². The molecule has 22 heavy (non-hydrogen) atoms. The van der Waals surface area contributed by atoms with E-state index in [1.165, 1.54) is 0 Å². The van der Waals surface area contributed by atoms with Crippen LogP contribution in [0.5, 0.6) is 0 Å². The lowest BCUT2D eigenvalue weighted by molar-refractivity contribution is -0.143. The summed E-state index contributed by atoms with van der Waals surface area (Å²) in [4.78, 5) is 28.9. The molecule has 0 saturated carbocycles. The molecule has 0 radical (unpaired) electrons. The second-order valence-electron chi connectivity index (χ2n) is 6.21. The van der Waals surface area contributed by atoms with Crippen LogP contribution in [0.15, 0.2) is 29.5 Å². The van der Waals surface area contributed by atoms with E-state index in [1.54, 1.807) is 17.4 Å². The van der Waals surface area contributed by atoms with Crippen molar-refractivity contribution in [1.82, 2.24) is 9.80 Å². The number of hydrogen-bond acceptors (Lipinski definition) is 3. The molecule has 4 nitrogen and oxygen atoms in total. The minimum absolute atomic E-state index is 0.0944. The number of piperidine rings is 2. The van der Waals surface area contributed by atoms with Crippen LogP contribution in [0.1, 0.15) is 42.5 Å². The summed E-state index contributed by atoms with van der Waals surface area (Å²) in [5.41, 5.74) is 0.576. The summed E-state index contributed by atoms with van der Waals surface area (Å²) in [7, 11) is 0. The maximum absolute atomic E-state index is 12.6. The molecule has 2 aliphatic rings. The summed E-state index contributed by atoms with van der Waals surface area (Å²) in [5.74, 6) is 0.299. The Kier molecular flexibility index (Phi) is 4.34. The molecule has 1 spiro atoms. The normalized spacial score (nSPS) is 25.5. The van der Waals surface area contributed by atoms with Crippen molar-refractivity contribution in [2.24, 2.45) is 0 Å². The second-order valence-corrected chi connectivity index (χ2v) is 6.99. The molecule has 0 bridgehead atoms. The molecule has 1 atom stereocenters. The number of nitrogens with zero attached hydrogens (tertiary/aromatic N) is 2. The van der Waals surface area contributed by atoms with Crippen LogP contribution in [0.3, 0.4) is 0 Å². The summed E-state index contributed by atoms with van der Waals surface area (Å²) < 4.78 is 0. The van der Waals surface area contributed by atoms with Gasteiger partial charge >= 0.3 is 0 Å². The highest BCUT2D eigenvalue weighted by Gasteiger charge is 2.45.